The van der Waals surface area contributed by atoms with Crippen LogP contribution in [0.1, 0.15) is 49.4 Å². The van der Waals surface area contributed by atoms with Gasteiger partial charge in [0.2, 0.25) is 0 Å². The van der Waals surface area contributed by atoms with Gasteiger partial charge in [-0.1, -0.05) is 67.1 Å². The molecule has 0 saturated carbocycles. The van der Waals surface area contributed by atoms with Gasteiger partial charge in [-0.3, -0.25) is 0 Å². The number of rotatable bonds is 6. The highest BCUT2D eigenvalue weighted by Crippen LogP contribution is 2.22. The average molecular weight is 308 g/mol. The molecule has 1 aliphatic rings. The van der Waals surface area contributed by atoms with Crippen molar-refractivity contribution >= 4 is 0 Å². The third-order valence-corrected chi connectivity index (χ3v) is 4.84. The lowest BCUT2D eigenvalue weighted by Gasteiger charge is -2.32. The van der Waals surface area contributed by atoms with Gasteiger partial charge in [0.15, 0.2) is 0 Å². The van der Waals surface area contributed by atoms with Crippen molar-refractivity contribution in [3.05, 3.63) is 71.8 Å². The minimum atomic E-state index is 0.353. The largest absolute Gasteiger partial charge is 0.302 e. The van der Waals surface area contributed by atoms with E-state index in [2.05, 4.69) is 77.8 Å². The molecular formula is C21H28N2. The normalized spacial score (nSPS) is 18.5. The van der Waals surface area contributed by atoms with Crippen LogP contribution in [0.5, 0.6) is 0 Å². The molecule has 1 heterocycles. The van der Waals surface area contributed by atoms with E-state index in [4.69, 9.17) is 0 Å². The second-order valence-electron chi connectivity index (χ2n) is 6.62. The van der Waals surface area contributed by atoms with Crippen LogP contribution in [-0.2, 0) is 0 Å². The highest BCUT2D eigenvalue weighted by Gasteiger charge is 2.20. The lowest BCUT2D eigenvalue weighted by molar-refractivity contribution is 0.201. The van der Waals surface area contributed by atoms with Crippen molar-refractivity contribution in [2.24, 2.45) is 0 Å². The summed E-state index contributed by atoms with van der Waals surface area (Å²) < 4.78 is 0. The summed E-state index contributed by atoms with van der Waals surface area (Å²) in [5, 5.41) is 3.86. The molecule has 1 saturated heterocycles. The predicted molar refractivity (Wildman–Crippen MR) is 97.5 cm³/mol. The van der Waals surface area contributed by atoms with E-state index in [9.17, 15) is 0 Å². The molecule has 23 heavy (non-hydrogen) atoms. The fourth-order valence-corrected chi connectivity index (χ4v) is 3.48. The van der Waals surface area contributed by atoms with Crippen molar-refractivity contribution in [2.75, 3.05) is 19.6 Å². The molecule has 1 aliphatic heterocycles. The molecule has 2 atom stereocenters. The molecular weight excluding hydrogens is 280 g/mol. The van der Waals surface area contributed by atoms with Gasteiger partial charge >= 0.3 is 0 Å². The molecule has 2 aromatic carbocycles. The smallest absolute Gasteiger partial charge is 0.0453 e. The summed E-state index contributed by atoms with van der Waals surface area (Å²) in [6.45, 7) is 5.85. The zero-order valence-electron chi connectivity index (χ0n) is 14.1. The van der Waals surface area contributed by atoms with Crippen LogP contribution < -0.4 is 5.32 Å². The van der Waals surface area contributed by atoms with Gasteiger partial charge < -0.3 is 10.2 Å². The molecule has 0 spiro atoms. The number of likely N-dealkylation sites (tertiary alicyclic amines) is 1. The Hall–Kier alpha value is -1.64. The van der Waals surface area contributed by atoms with Crippen molar-refractivity contribution in [3.8, 4) is 0 Å². The highest BCUT2D eigenvalue weighted by atomic mass is 15.2. The summed E-state index contributed by atoms with van der Waals surface area (Å²) in [5.74, 6) is 0. The van der Waals surface area contributed by atoms with Gasteiger partial charge in [-0.25, -0.2) is 0 Å². The molecule has 2 heteroatoms. The minimum Gasteiger partial charge on any atom is -0.302 e. The van der Waals surface area contributed by atoms with Gasteiger partial charge in [-0.05, 0) is 44.0 Å². The Bertz CT molecular complexity index is 561. The van der Waals surface area contributed by atoms with E-state index >= 15 is 0 Å². The molecule has 0 bridgehead atoms. The Morgan fingerprint density at radius 3 is 2.00 bits per heavy atom. The zero-order valence-corrected chi connectivity index (χ0v) is 14.1. The first-order valence-corrected chi connectivity index (χ1v) is 8.91. The molecule has 2 aromatic rings. The van der Waals surface area contributed by atoms with Crippen LogP contribution in [0.15, 0.2) is 60.7 Å². The van der Waals surface area contributed by atoms with Crippen molar-refractivity contribution in [2.45, 2.75) is 38.3 Å². The van der Waals surface area contributed by atoms with Crippen molar-refractivity contribution < 1.29 is 0 Å². The summed E-state index contributed by atoms with van der Waals surface area (Å²) >= 11 is 0. The average Bonchev–Trinajstić information content (AvgIpc) is 2.63. The summed E-state index contributed by atoms with van der Waals surface area (Å²) in [6.07, 6.45) is 4.08. The van der Waals surface area contributed by atoms with E-state index in [0.717, 1.165) is 6.54 Å². The zero-order chi connectivity index (χ0) is 15.9. The molecule has 0 unspecified atom stereocenters. The summed E-state index contributed by atoms with van der Waals surface area (Å²) in [5.41, 5.74) is 2.74. The van der Waals surface area contributed by atoms with Crippen LogP contribution in [0.2, 0.25) is 0 Å². The minimum absolute atomic E-state index is 0.353. The van der Waals surface area contributed by atoms with Gasteiger partial charge in [-0.2, -0.15) is 0 Å². The third kappa shape index (κ3) is 4.66. The Kier molecular flexibility index (Phi) is 5.84. The lowest BCUT2D eigenvalue weighted by atomic mass is 10.0. The molecule has 122 valence electrons. The number of nitrogens with zero attached hydrogens (tertiary/aromatic N) is 1. The van der Waals surface area contributed by atoms with E-state index < -0.39 is 0 Å². The van der Waals surface area contributed by atoms with E-state index in [1.165, 1.54) is 43.5 Å². The van der Waals surface area contributed by atoms with Gasteiger partial charge in [0, 0.05) is 18.6 Å². The number of nitrogens with one attached hydrogen (secondary N) is 1. The third-order valence-electron chi connectivity index (χ3n) is 4.84. The molecule has 1 fully saturated rings. The number of hydrogen-bond acceptors (Lipinski definition) is 2. The predicted octanol–water partition coefficient (Wildman–Crippen LogP) is 4.56. The molecule has 0 radical (unpaired) electrons. The van der Waals surface area contributed by atoms with Crippen molar-refractivity contribution in [3.63, 3.8) is 0 Å². The summed E-state index contributed by atoms with van der Waals surface area (Å²) in [7, 11) is 0. The SMILES string of the molecule is C[C@H](N[C@H](CN1CCCCC1)c1ccccc1)c1ccccc1. The maximum Gasteiger partial charge on any atom is 0.0453 e. The maximum absolute atomic E-state index is 3.86. The Balaban J connectivity index is 1.72. The topological polar surface area (TPSA) is 15.3 Å². The van der Waals surface area contributed by atoms with Crippen LogP contribution in [0.25, 0.3) is 0 Å². The first kappa shape index (κ1) is 16.2. The van der Waals surface area contributed by atoms with E-state index in [1.54, 1.807) is 0 Å². The first-order valence-electron chi connectivity index (χ1n) is 8.91. The first-order chi connectivity index (χ1) is 11.3. The Morgan fingerprint density at radius 1 is 0.826 bits per heavy atom. The monoisotopic (exact) mass is 308 g/mol. The lowest BCUT2D eigenvalue weighted by Crippen LogP contribution is -2.39. The quantitative estimate of drug-likeness (QED) is 0.841. The fourth-order valence-electron chi connectivity index (χ4n) is 3.48. The van der Waals surface area contributed by atoms with Gasteiger partial charge in [-0.15, -0.1) is 0 Å². The van der Waals surface area contributed by atoms with Crippen LogP contribution in [0.3, 0.4) is 0 Å². The van der Waals surface area contributed by atoms with Gasteiger partial charge in [0.25, 0.3) is 0 Å². The number of benzene rings is 2. The maximum atomic E-state index is 3.86. The molecule has 3 rings (SSSR count). The second kappa shape index (κ2) is 8.28. The van der Waals surface area contributed by atoms with Gasteiger partial charge in [0.05, 0.1) is 0 Å². The number of piperidine rings is 1. The highest BCUT2D eigenvalue weighted by molar-refractivity contribution is 5.22. The van der Waals surface area contributed by atoms with Crippen LogP contribution in [-0.4, -0.2) is 24.5 Å². The second-order valence-corrected chi connectivity index (χ2v) is 6.62. The van der Waals surface area contributed by atoms with Crippen LogP contribution in [0.4, 0.5) is 0 Å². The molecule has 0 aliphatic carbocycles. The van der Waals surface area contributed by atoms with E-state index in [1.807, 2.05) is 0 Å². The summed E-state index contributed by atoms with van der Waals surface area (Å²) in [6, 6.07) is 22.4. The van der Waals surface area contributed by atoms with Crippen LogP contribution in [0, 0.1) is 0 Å². The molecule has 0 amide bonds. The standard InChI is InChI=1S/C21H28N2/c1-18(19-11-5-2-6-12-19)22-21(20-13-7-3-8-14-20)17-23-15-9-4-10-16-23/h2-3,5-8,11-14,18,21-22H,4,9-10,15-17H2,1H3/t18-,21+/m0/s1. The van der Waals surface area contributed by atoms with Crippen molar-refractivity contribution in [1.82, 2.24) is 10.2 Å². The van der Waals surface area contributed by atoms with Gasteiger partial charge in [0.1, 0.15) is 0 Å². The van der Waals surface area contributed by atoms with E-state index in [0.29, 0.717) is 12.1 Å². The molecule has 0 aromatic heterocycles. The molecule has 1 N–H and O–H groups in total. The van der Waals surface area contributed by atoms with E-state index in [-0.39, 0.29) is 0 Å². The Labute approximate surface area is 140 Å². The fraction of sp³-hybridized carbons (Fsp3) is 0.429. The molecule has 2 nitrogen and oxygen atoms in total. The van der Waals surface area contributed by atoms with Crippen LogP contribution >= 0.6 is 0 Å². The summed E-state index contributed by atoms with van der Waals surface area (Å²) in [4.78, 5) is 2.62. The Morgan fingerprint density at radius 2 is 1.39 bits per heavy atom. The van der Waals surface area contributed by atoms with Crippen molar-refractivity contribution in [1.29, 1.82) is 0 Å². The number of hydrogen-bond donors (Lipinski definition) is 1.